The van der Waals surface area contributed by atoms with Crippen LogP contribution in [0.2, 0.25) is 5.02 Å². The number of anilines is 1. The van der Waals surface area contributed by atoms with E-state index in [-0.39, 0.29) is 5.56 Å². The minimum absolute atomic E-state index is 0.232. The Hall–Kier alpha value is -0.940. The molecule has 1 aliphatic heterocycles. The Morgan fingerprint density at radius 3 is 2.40 bits per heavy atom. The maximum absolute atomic E-state index is 13.2. The Morgan fingerprint density at radius 2 is 1.85 bits per heavy atom. The highest BCUT2D eigenvalue weighted by atomic mass is 35.5. The van der Waals surface area contributed by atoms with Gasteiger partial charge in [0, 0.05) is 13.1 Å². The lowest BCUT2D eigenvalue weighted by molar-refractivity contribution is -0.138. The summed E-state index contributed by atoms with van der Waals surface area (Å²) in [7, 11) is 0. The first kappa shape index (κ1) is 15.4. The quantitative estimate of drug-likeness (QED) is 0.915. The summed E-state index contributed by atoms with van der Waals surface area (Å²) in [5.41, 5.74) is 5.52. The van der Waals surface area contributed by atoms with E-state index in [9.17, 15) is 13.2 Å². The fourth-order valence-corrected chi connectivity index (χ4v) is 2.87. The average Bonchev–Trinajstić information content (AvgIpc) is 2.88. The Balaban J connectivity index is 2.40. The molecule has 2 nitrogen and oxygen atoms in total. The normalized spacial score (nSPS) is 15.9. The highest BCUT2D eigenvalue weighted by Crippen LogP contribution is 2.39. The number of hydrogen-bond donors (Lipinski definition) is 1. The predicted octanol–water partition coefficient (Wildman–Crippen LogP) is 3.85. The van der Waals surface area contributed by atoms with Gasteiger partial charge in [0.15, 0.2) is 0 Å². The molecule has 1 aliphatic rings. The molecule has 0 spiro atoms. The third kappa shape index (κ3) is 3.38. The van der Waals surface area contributed by atoms with Gasteiger partial charge in [-0.15, -0.1) is 0 Å². The van der Waals surface area contributed by atoms with Gasteiger partial charge in [-0.2, -0.15) is 13.2 Å². The first-order chi connectivity index (χ1) is 9.43. The number of alkyl halides is 3. The fraction of sp³-hybridized carbons (Fsp3) is 0.571. The van der Waals surface area contributed by atoms with Gasteiger partial charge in [0.25, 0.3) is 0 Å². The minimum atomic E-state index is -4.36. The van der Waals surface area contributed by atoms with E-state index in [1.807, 2.05) is 4.90 Å². The Labute approximate surface area is 121 Å². The van der Waals surface area contributed by atoms with E-state index in [2.05, 4.69) is 0 Å². The number of halogens is 4. The molecule has 0 radical (unpaired) electrons. The van der Waals surface area contributed by atoms with Gasteiger partial charge in [0.2, 0.25) is 0 Å². The fourth-order valence-electron chi connectivity index (χ4n) is 2.57. The van der Waals surface area contributed by atoms with Crippen molar-refractivity contribution in [1.82, 2.24) is 0 Å². The van der Waals surface area contributed by atoms with Crippen LogP contribution >= 0.6 is 11.6 Å². The van der Waals surface area contributed by atoms with E-state index in [1.165, 1.54) is 12.1 Å². The standard InChI is InChI=1S/C14H18ClF3N2/c15-12-8-10(4-3-5-19)11(14(16,17)18)9-13(12)20-6-1-2-7-20/h8-9H,1-7,19H2. The first-order valence-corrected chi connectivity index (χ1v) is 7.16. The second-order valence-corrected chi connectivity index (χ2v) is 5.45. The molecule has 0 amide bonds. The van der Waals surface area contributed by atoms with Crippen molar-refractivity contribution in [3.63, 3.8) is 0 Å². The molecule has 1 heterocycles. The molecule has 0 unspecified atom stereocenters. The van der Waals surface area contributed by atoms with Crippen LogP contribution in [0.4, 0.5) is 18.9 Å². The molecule has 1 aromatic rings. The van der Waals surface area contributed by atoms with Crippen molar-refractivity contribution in [3.8, 4) is 0 Å². The number of aryl methyl sites for hydroxylation is 1. The second kappa shape index (κ2) is 6.22. The van der Waals surface area contributed by atoms with Crippen molar-refractivity contribution in [2.24, 2.45) is 5.73 Å². The Morgan fingerprint density at radius 1 is 1.20 bits per heavy atom. The average molecular weight is 307 g/mol. The predicted molar refractivity (Wildman–Crippen MR) is 75.3 cm³/mol. The lowest BCUT2D eigenvalue weighted by Crippen LogP contribution is -2.20. The van der Waals surface area contributed by atoms with Crippen LogP contribution in [0.5, 0.6) is 0 Å². The zero-order chi connectivity index (χ0) is 14.8. The third-order valence-corrected chi connectivity index (χ3v) is 3.88. The van der Waals surface area contributed by atoms with Crippen molar-refractivity contribution in [3.05, 3.63) is 28.3 Å². The number of rotatable bonds is 4. The molecule has 20 heavy (non-hydrogen) atoms. The Kier molecular flexibility index (Phi) is 4.81. The molecular formula is C14H18ClF3N2. The molecule has 1 aromatic carbocycles. The molecule has 2 rings (SSSR count). The van der Waals surface area contributed by atoms with Gasteiger partial charge in [0.05, 0.1) is 16.3 Å². The summed E-state index contributed by atoms with van der Waals surface area (Å²) < 4.78 is 39.5. The summed E-state index contributed by atoms with van der Waals surface area (Å²) in [6.07, 6.45) is -1.56. The van der Waals surface area contributed by atoms with Crippen LogP contribution in [0.1, 0.15) is 30.4 Å². The van der Waals surface area contributed by atoms with Gasteiger partial charge in [-0.1, -0.05) is 11.6 Å². The smallest absolute Gasteiger partial charge is 0.370 e. The molecule has 1 fully saturated rings. The van der Waals surface area contributed by atoms with E-state index in [4.69, 9.17) is 17.3 Å². The van der Waals surface area contributed by atoms with Crippen LogP contribution in [0.25, 0.3) is 0 Å². The monoisotopic (exact) mass is 306 g/mol. The van der Waals surface area contributed by atoms with Crippen LogP contribution in [0.15, 0.2) is 12.1 Å². The highest BCUT2D eigenvalue weighted by molar-refractivity contribution is 6.33. The molecular weight excluding hydrogens is 289 g/mol. The Bertz CT molecular complexity index is 468. The summed E-state index contributed by atoms with van der Waals surface area (Å²) in [6, 6.07) is 2.65. The van der Waals surface area contributed by atoms with Crippen LogP contribution in [0, 0.1) is 0 Å². The van der Waals surface area contributed by atoms with Crippen LogP contribution in [-0.2, 0) is 12.6 Å². The van der Waals surface area contributed by atoms with Gasteiger partial charge in [-0.3, -0.25) is 0 Å². The van der Waals surface area contributed by atoms with Crippen molar-refractivity contribution < 1.29 is 13.2 Å². The van der Waals surface area contributed by atoms with Gasteiger partial charge >= 0.3 is 6.18 Å². The van der Waals surface area contributed by atoms with Crippen LogP contribution < -0.4 is 10.6 Å². The van der Waals surface area contributed by atoms with Gasteiger partial charge in [0.1, 0.15) is 0 Å². The topological polar surface area (TPSA) is 29.3 Å². The minimum Gasteiger partial charge on any atom is -0.370 e. The SMILES string of the molecule is NCCCc1cc(Cl)c(N2CCCC2)cc1C(F)(F)F. The van der Waals surface area contributed by atoms with Crippen molar-refractivity contribution >= 4 is 17.3 Å². The van der Waals surface area contributed by atoms with Crippen molar-refractivity contribution in [2.75, 3.05) is 24.5 Å². The van der Waals surface area contributed by atoms with Gasteiger partial charge in [-0.25, -0.2) is 0 Å². The molecule has 2 N–H and O–H groups in total. The summed E-state index contributed by atoms with van der Waals surface area (Å²) in [5.74, 6) is 0. The molecule has 0 bridgehead atoms. The lowest BCUT2D eigenvalue weighted by atomic mass is 10.0. The number of benzene rings is 1. The van der Waals surface area contributed by atoms with Crippen LogP contribution in [-0.4, -0.2) is 19.6 Å². The van der Waals surface area contributed by atoms with E-state index >= 15 is 0 Å². The summed E-state index contributed by atoms with van der Waals surface area (Å²) >= 11 is 6.17. The van der Waals surface area contributed by atoms with Crippen LogP contribution in [0.3, 0.4) is 0 Å². The van der Waals surface area contributed by atoms with E-state index < -0.39 is 11.7 Å². The lowest BCUT2D eigenvalue weighted by Gasteiger charge is -2.22. The summed E-state index contributed by atoms with van der Waals surface area (Å²) in [5, 5.41) is 0.395. The maximum atomic E-state index is 13.2. The van der Waals surface area contributed by atoms with E-state index in [1.54, 1.807) is 0 Å². The molecule has 1 saturated heterocycles. The van der Waals surface area contributed by atoms with Gasteiger partial charge in [-0.05, 0) is 49.9 Å². The van der Waals surface area contributed by atoms with Crippen molar-refractivity contribution in [1.29, 1.82) is 0 Å². The molecule has 0 aliphatic carbocycles. The zero-order valence-electron chi connectivity index (χ0n) is 11.1. The highest BCUT2D eigenvalue weighted by Gasteiger charge is 2.34. The third-order valence-electron chi connectivity index (χ3n) is 3.58. The number of hydrogen-bond acceptors (Lipinski definition) is 2. The molecule has 0 aromatic heterocycles. The molecule has 6 heteroatoms. The largest absolute Gasteiger partial charge is 0.416 e. The molecule has 0 saturated carbocycles. The summed E-state index contributed by atoms with van der Waals surface area (Å²) in [6.45, 7) is 1.89. The zero-order valence-corrected chi connectivity index (χ0v) is 11.9. The number of nitrogens with zero attached hydrogens (tertiary/aromatic N) is 1. The molecule has 112 valence electrons. The van der Waals surface area contributed by atoms with E-state index in [0.717, 1.165) is 25.9 Å². The maximum Gasteiger partial charge on any atom is 0.416 e. The second-order valence-electron chi connectivity index (χ2n) is 5.04. The van der Waals surface area contributed by atoms with Crippen molar-refractivity contribution in [2.45, 2.75) is 31.9 Å². The summed E-state index contributed by atoms with van der Waals surface area (Å²) in [4.78, 5) is 1.92. The first-order valence-electron chi connectivity index (χ1n) is 6.78. The number of nitrogens with two attached hydrogens (primary N) is 1. The molecule has 0 atom stereocenters. The van der Waals surface area contributed by atoms with Gasteiger partial charge < -0.3 is 10.6 Å². The van der Waals surface area contributed by atoms with E-state index in [0.29, 0.717) is 30.1 Å².